The fraction of sp³-hybridized carbons (Fsp3) is 0.545. The molecule has 0 amide bonds. The van der Waals surface area contributed by atoms with Crippen LogP contribution >= 0.6 is 11.8 Å². The molecule has 1 aliphatic carbocycles. The Balaban J connectivity index is 1.97. The van der Waals surface area contributed by atoms with Crippen molar-refractivity contribution >= 4 is 22.5 Å². The van der Waals surface area contributed by atoms with Crippen LogP contribution in [0.15, 0.2) is 35.5 Å². The van der Waals surface area contributed by atoms with Gasteiger partial charge in [-0.3, -0.25) is 4.68 Å². The third-order valence-corrected chi connectivity index (χ3v) is 6.43. The van der Waals surface area contributed by atoms with Gasteiger partial charge in [0.15, 0.2) is 0 Å². The van der Waals surface area contributed by atoms with E-state index < -0.39 is 6.43 Å². The summed E-state index contributed by atoms with van der Waals surface area (Å²) in [4.78, 5) is 4.82. The molecule has 1 heterocycles. The number of aliphatic hydroxyl groups excluding tert-OH is 1. The van der Waals surface area contributed by atoms with E-state index in [1.54, 1.807) is 13.2 Å². The van der Waals surface area contributed by atoms with E-state index in [9.17, 15) is 13.9 Å². The third-order valence-electron chi connectivity index (χ3n) is 5.46. The molecular weight excluding hydrogens is 392 g/mol. The average Bonchev–Trinajstić information content (AvgIpc) is 3.32. The minimum Gasteiger partial charge on any atom is -0.396 e. The van der Waals surface area contributed by atoms with Gasteiger partial charge in [-0.15, -0.1) is 11.8 Å². The van der Waals surface area contributed by atoms with Gasteiger partial charge in [0.1, 0.15) is 10.7 Å². The number of para-hydroxylation sites is 1. The molecule has 29 heavy (non-hydrogen) atoms. The van der Waals surface area contributed by atoms with Gasteiger partial charge in [-0.05, 0) is 42.7 Å². The topological polar surface area (TPSA) is 50.4 Å². The van der Waals surface area contributed by atoms with Crippen LogP contribution in [0, 0.1) is 5.92 Å². The van der Waals surface area contributed by atoms with E-state index in [4.69, 9.17) is 4.99 Å². The summed E-state index contributed by atoms with van der Waals surface area (Å²) in [5.74, 6) is 1.61. The molecule has 0 spiro atoms. The maximum Gasteiger partial charge on any atom is 0.282 e. The first kappa shape index (κ1) is 22.0. The number of nitrogens with zero attached hydrogens (tertiary/aromatic N) is 3. The van der Waals surface area contributed by atoms with Gasteiger partial charge < -0.3 is 5.11 Å². The first-order valence-electron chi connectivity index (χ1n) is 10.3. The van der Waals surface area contributed by atoms with Crippen molar-refractivity contribution in [2.24, 2.45) is 18.0 Å². The number of benzene rings is 1. The molecule has 1 aromatic carbocycles. The highest BCUT2D eigenvalue weighted by Crippen LogP contribution is 2.43. The highest BCUT2D eigenvalue weighted by molar-refractivity contribution is 8.14. The van der Waals surface area contributed by atoms with Gasteiger partial charge >= 0.3 is 0 Å². The first-order valence-corrected chi connectivity index (χ1v) is 11.2. The minimum absolute atomic E-state index is 0.0447. The maximum atomic E-state index is 13.5. The molecule has 1 aliphatic rings. The number of alkyl halides is 2. The second kappa shape index (κ2) is 10.3. The zero-order chi connectivity index (χ0) is 20.8. The molecule has 0 aliphatic heterocycles. The van der Waals surface area contributed by atoms with Crippen LogP contribution in [-0.2, 0) is 7.05 Å². The largest absolute Gasteiger partial charge is 0.396 e. The summed E-state index contributed by atoms with van der Waals surface area (Å²) in [5, 5.41) is 13.7. The van der Waals surface area contributed by atoms with Crippen LogP contribution in [0.5, 0.6) is 0 Å². The molecular formula is C22H29F2N3OS. The molecule has 2 aromatic rings. The number of hydrogen-bond donors (Lipinski definition) is 1. The minimum atomic E-state index is -2.67. The van der Waals surface area contributed by atoms with Gasteiger partial charge in [0.25, 0.3) is 6.43 Å². The molecule has 1 saturated carbocycles. The van der Waals surface area contributed by atoms with E-state index >= 15 is 0 Å². The van der Waals surface area contributed by atoms with Crippen molar-refractivity contribution in [1.29, 1.82) is 0 Å². The van der Waals surface area contributed by atoms with Crippen LogP contribution in [0.1, 0.15) is 68.2 Å². The number of aryl methyl sites for hydroxylation is 1. The van der Waals surface area contributed by atoms with Crippen molar-refractivity contribution in [1.82, 2.24) is 9.78 Å². The summed E-state index contributed by atoms with van der Waals surface area (Å²) >= 11 is 1.29. The van der Waals surface area contributed by atoms with Gasteiger partial charge in [-0.1, -0.05) is 38.0 Å². The molecule has 4 nitrogen and oxygen atoms in total. The fourth-order valence-electron chi connectivity index (χ4n) is 4.22. The monoisotopic (exact) mass is 421 g/mol. The Kier molecular flexibility index (Phi) is 7.84. The maximum absolute atomic E-state index is 13.5. The number of aromatic nitrogens is 2. The zero-order valence-electron chi connectivity index (χ0n) is 17.0. The number of hydrogen-bond acceptors (Lipinski definition) is 4. The van der Waals surface area contributed by atoms with Crippen LogP contribution in [0.4, 0.5) is 14.5 Å². The SMILES string of the molecule is CCCC1CCC(c2ccccc2/N=C(/SCCO)c2cn(C)nc2C(F)F)C1. The number of rotatable bonds is 8. The lowest BCUT2D eigenvalue weighted by molar-refractivity contribution is 0.145. The second-order valence-corrected chi connectivity index (χ2v) is 8.70. The Morgan fingerprint density at radius 1 is 1.34 bits per heavy atom. The van der Waals surface area contributed by atoms with E-state index in [-0.39, 0.29) is 12.3 Å². The summed E-state index contributed by atoms with van der Waals surface area (Å²) in [5.41, 5.74) is 2.10. The van der Waals surface area contributed by atoms with E-state index in [1.807, 2.05) is 18.2 Å². The molecule has 0 bridgehead atoms. The fourth-order valence-corrected chi connectivity index (χ4v) is 4.98. The van der Waals surface area contributed by atoms with Crippen LogP contribution in [0.2, 0.25) is 0 Å². The highest BCUT2D eigenvalue weighted by Gasteiger charge is 2.27. The van der Waals surface area contributed by atoms with Crippen molar-refractivity contribution in [2.45, 2.75) is 51.4 Å². The van der Waals surface area contributed by atoms with E-state index in [2.05, 4.69) is 18.1 Å². The second-order valence-electron chi connectivity index (χ2n) is 7.61. The molecule has 0 radical (unpaired) electrons. The normalized spacial score (nSPS) is 20.0. The van der Waals surface area contributed by atoms with E-state index in [1.165, 1.54) is 41.3 Å². The Labute approximate surface area is 175 Å². The van der Waals surface area contributed by atoms with Gasteiger partial charge in [-0.25, -0.2) is 13.8 Å². The summed E-state index contributed by atoms with van der Waals surface area (Å²) in [7, 11) is 1.63. The molecule has 2 atom stereocenters. The standard InChI is InChI=1S/C22H29F2N3OS/c1-3-6-15-9-10-16(13-15)17-7-4-5-8-19(17)25-22(29-12-11-28)18-14-27(2)26-20(18)21(23)24/h4-5,7-8,14-16,21,28H,3,6,9-13H2,1-2H3/b25-22+. The first-order chi connectivity index (χ1) is 14.0. The van der Waals surface area contributed by atoms with Crippen LogP contribution in [0.3, 0.4) is 0 Å². The van der Waals surface area contributed by atoms with E-state index in [0.29, 0.717) is 22.3 Å². The zero-order valence-corrected chi connectivity index (χ0v) is 17.8. The van der Waals surface area contributed by atoms with Crippen LogP contribution < -0.4 is 0 Å². The van der Waals surface area contributed by atoms with Crippen molar-refractivity contribution in [3.63, 3.8) is 0 Å². The summed E-state index contributed by atoms with van der Waals surface area (Å²) in [6.45, 7) is 2.18. The predicted octanol–water partition coefficient (Wildman–Crippen LogP) is 5.85. The van der Waals surface area contributed by atoms with Crippen molar-refractivity contribution < 1.29 is 13.9 Å². The van der Waals surface area contributed by atoms with Crippen molar-refractivity contribution in [3.05, 3.63) is 47.3 Å². The number of halogens is 2. The molecule has 2 unspecified atom stereocenters. The summed E-state index contributed by atoms with van der Waals surface area (Å²) in [6, 6.07) is 8.03. The Morgan fingerprint density at radius 2 is 2.14 bits per heavy atom. The number of aliphatic hydroxyl groups is 1. The quantitative estimate of drug-likeness (QED) is 0.430. The van der Waals surface area contributed by atoms with Crippen molar-refractivity contribution in [3.8, 4) is 0 Å². The number of thioether (sulfide) groups is 1. The van der Waals surface area contributed by atoms with Gasteiger partial charge in [-0.2, -0.15) is 5.10 Å². The third kappa shape index (κ3) is 5.45. The molecule has 7 heteroatoms. The predicted molar refractivity (Wildman–Crippen MR) is 115 cm³/mol. The molecule has 158 valence electrons. The van der Waals surface area contributed by atoms with Crippen LogP contribution in [0.25, 0.3) is 0 Å². The molecule has 0 saturated heterocycles. The molecule has 1 aromatic heterocycles. The number of aliphatic imine (C=N–C) groups is 1. The summed E-state index contributed by atoms with van der Waals surface area (Å²) < 4.78 is 28.4. The van der Waals surface area contributed by atoms with Crippen molar-refractivity contribution in [2.75, 3.05) is 12.4 Å². The lowest BCUT2D eigenvalue weighted by atomic mass is 9.93. The molecule has 1 fully saturated rings. The Hall–Kier alpha value is -1.73. The highest BCUT2D eigenvalue weighted by atomic mass is 32.2. The smallest absolute Gasteiger partial charge is 0.282 e. The van der Waals surface area contributed by atoms with Crippen LogP contribution in [-0.4, -0.2) is 32.3 Å². The lowest BCUT2D eigenvalue weighted by Gasteiger charge is -2.15. The molecule has 1 N–H and O–H groups in total. The van der Waals surface area contributed by atoms with Gasteiger partial charge in [0.05, 0.1) is 17.9 Å². The lowest BCUT2D eigenvalue weighted by Crippen LogP contribution is -2.03. The van der Waals surface area contributed by atoms with E-state index in [0.717, 1.165) is 24.4 Å². The Morgan fingerprint density at radius 3 is 2.86 bits per heavy atom. The van der Waals surface area contributed by atoms with Gasteiger partial charge in [0.2, 0.25) is 0 Å². The summed E-state index contributed by atoms with van der Waals surface area (Å²) in [6.07, 6.45) is 4.91. The Bertz CT molecular complexity index is 837. The van der Waals surface area contributed by atoms with Gasteiger partial charge in [0, 0.05) is 19.0 Å². The molecule has 3 rings (SSSR count). The average molecular weight is 422 g/mol.